The lowest BCUT2D eigenvalue weighted by Gasteiger charge is -2.16. The molecule has 0 aliphatic carbocycles. The monoisotopic (exact) mass is 278 g/mol. The molecular formula is C16H22S2. The molecule has 0 saturated carbocycles. The molecule has 18 heavy (non-hydrogen) atoms. The van der Waals surface area contributed by atoms with Gasteiger partial charge in [-0.1, -0.05) is 33.1 Å². The average molecular weight is 278 g/mol. The van der Waals surface area contributed by atoms with Crippen molar-refractivity contribution in [2.45, 2.75) is 51.9 Å². The number of hydrogen-bond donors (Lipinski definition) is 0. The van der Waals surface area contributed by atoms with Gasteiger partial charge in [0.25, 0.3) is 0 Å². The molecule has 2 aromatic heterocycles. The maximum absolute atomic E-state index is 2.30. The van der Waals surface area contributed by atoms with E-state index in [4.69, 9.17) is 0 Å². The number of unbranched alkanes of at least 4 members (excludes halogenated alkanes) is 1. The van der Waals surface area contributed by atoms with Crippen LogP contribution in [-0.4, -0.2) is 0 Å². The molecule has 0 spiro atoms. The van der Waals surface area contributed by atoms with Gasteiger partial charge in [-0.05, 0) is 58.2 Å². The van der Waals surface area contributed by atoms with Gasteiger partial charge in [-0.3, -0.25) is 0 Å². The molecule has 2 aromatic rings. The van der Waals surface area contributed by atoms with E-state index in [1.54, 1.807) is 16.2 Å². The number of thiophene rings is 2. The highest BCUT2D eigenvalue weighted by Crippen LogP contribution is 2.39. The molecule has 98 valence electrons. The Morgan fingerprint density at radius 3 is 2.61 bits per heavy atom. The highest BCUT2D eigenvalue weighted by atomic mass is 32.1. The second-order valence-electron chi connectivity index (χ2n) is 4.84. The van der Waals surface area contributed by atoms with E-state index >= 15 is 0 Å². The zero-order valence-electron chi connectivity index (χ0n) is 11.3. The Kier molecular flexibility index (Phi) is 5.45. The molecule has 0 saturated heterocycles. The fourth-order valence-electron chi connectivity index (χ4n) is 2.50. The third-order valence-corrected chi connectivity index (χ3v) is 5.20. The number of hydrogen-bond acceptors (Lipinski definition) is 2. The lowest BCUT2D eigenvalue weighted by atomic mass is 9.92. The molecule has 2 rings (SSSR count). The summed E-state index contributed by atoms with van der Waals surface area (Å²) in [5.74, 6) is 0.768. The summed E-state index contributed by atoms with van der Waals surface area (Å²) in [6.45, 7) is 4.59. The van der Waals surface area contributed by atoms with Crippen molar-refractivity contribution in [1.82, 2.24) is 0 Å². The van der Waals surface area contributed by atoms with Gasteiger partial charge in [0.05, 0.1) is 0 Å². The van der Waals surface area contributed by atoms with Gasteiger partial charge < -0.3 is 0 Å². The summed E-state index contributed by atoms with van der Waals surface area (Å²) in [6, 6.07) is 4.55. The van der Waals surface area contributed by atoms with Gasteiger partial charge in [0.2, 0.25) is 0 Å². The second kappa shape index (κ2) is 7.10. The normalized spacial score (nSPS) is 12.8. The molecule has 0 bridgehead atoms. The minimum Gasteiger partial charge on any atom is -0.152 e. The first-order chi connectivity index (χ1) is 8.86. The van der Waals surface area contributed by atoms with Crippen LogP contribution in [0, 0.1) is 0 Å². The van der Waals surface area contributed by atoms with Crippen LogP contribution in [-0.2, 0) is 0 Å². The molecule has 0 amide bonds. The lowest BCUT2D eigenvalue weighted by Crippen LogP contribution is -1.97. The Bertz CT molecular complexity index is 439. The standard InChI is InChI=1S/C16H22S2/c1-3-5-7-13(6-4-2)16-15(9-11-18-16)14-8-10-17-12-14/h8-13H,3-7H2,1-2H3. The van der Waals surface area contributed by atoms with E-state index < -0.39 is 0 Å². The first-order valence-electron chi connectivity index (χ1n) is 6.96. The largest absolute Gasteiger partial charge is 0.152 e. The van der Waals surface area contributed by atoms with E-state index in [1.807, 2.05) is 11.3 Å². The van der Waals surface area contributed by atoms with Crippen molar-refractivity contribution in [2.24, 2.45) is 0 Å². The predicted octanol–water partition coefficient (Wildman–Crippen LogP) is 6.55. The van der Waals surface area contributed by atoms with Gasteiger partial charge >= 0.3 is 0 Å². The quantitative estimate of drug-likeness (QED) is 0.538. The van der Waals surface area contributed by atoms with E-state index in [0.717, 1.165) is 5.92 Å². The van der Waals surface area contributed by atoms with E-state index in [2.05, 4.69) is 42.1 Å². The van der Waals surface area contributed by atoms with Gasteiger partial charge in [0.15, 0.2) is 0 Å². The second-order valence-corrected chi connectivity index (χ2v) is 6.57. The Morgan fingerprint density at radius 1 is 1.06 bits per heavy atom. The molecule has 0 nitrogen and oxygen atoms in total. The Hall–Kier alpha value is -0.600. The molecule has 0 aliphatic heterocycles. The fraction of sp³-hybridized carbons (Fsp3) is 0.500. The molecule has 0 radical (unpaired) electrons. The van der Waals surface area contributed by atoms with E-state index in [0.29, 0.717) is 0 Å². The van der Waals surface area contributed by atoms with Gasteiger partial charge in [-0.15, -0.1) is 11.3 Å². The molecule has 1 atom stereocenters. The highest BCUT2D eigenvalue weighted by Gasteiger charge is 2.16. The molecule has 0 fully saturated rings. The summed E-state index contributed by atoms with van der Waals surface area (Å²) >= 11 is 3.74. The maximum Gasteiger partial charge on any atom is 0.0155 e. The molecule has 0 aliphatic rings. The summed E-state index contributed by atoms with van der Waals surface area (Å²) in [5.41, 5.74) is 2.89. The van der Waals surface area contributed by atoms with Gasteiger partial charge in [-0.2, -0.15) is 11.3 Å². The van der Waals surface area contributed by atoms with Crippen molar-refractivity contribution in [1.29, 1.82) is 0 Å². The van der Waals surface area contributed by atoms with Crippen LogP contribution in [0.25, 0.3) is 11.1 Å². The molecular weight excluding hydrogens is 256 g/mol. The van der Waals surface area contributed by atoms with Crippen LogP contribution in [0.4, 0.5) is 0 Å². The summed E-state index contributed by atoms with van der Waals surface area (Å²) in [7, 11) is 0. The van der Waals surface area contributed by atoms with Crippen LogP contribution in [0.1, 0.15) is 56.7 Å². The van der Waals surface area contributed by atoms with Crippen LogP contribution in [0.5, 0.6) is 0 Å². The van der Waals surface area contributed by atoms with Crippen molar-refractivity contribution in [3.63, 3.8) is 0 Å². The van der Waals surface area contributed by atoms with E-state index in [9.17, 15) is 0 Å². The first-order valence-corrected chi connectivity index (χ1v) is 8.79. The average Bonchev–Trinajstić information content (AvgIpc) is 3.03. The summed E-state index contributed by atoms with van der Waals surface area (Å²) in [6.07, 6.45) is 6.63. The topological polar surface area (TPSA) is 0 Å². The number of rotatable bonds is 7. The van der Waals surface area contributed by atoms with E-state index in [1.165, 1.54) is 43.2 Å². The van der Waals surface area contributed by atoms with E-state index in [-0.39, 0.29) is 0 Å². The molecule has 2 heteroatoms. The van der Waals surface area contributed by atoms with Crippen molar-refractivity contribution in [3.8, 4) is 11.1 Å². The Balaban J connectivity index is 2.22. The minimum atomic E-state index is 0.768. The Morgan fingerprint density at radius 2 is 1.94 bits per heavy atom. The Labute approximate surface area is 119 Å². The third-order valence-electron chi connectivity index (χ3n) is 3.44. The van der Waals surface area contributed by atoms with Crippen LogP contribution < -0.4 is 0 Å². The predicted molar refractivity (Wildman–Crippen MR) is 84.8 cm³/mol. The minimum absolute atomic E-state index is 0.768. The molecule has 1 unspecified atom stereocenters. The van der Waals surface area contributed by atoms with Crippen molar-refractivity contribution >= 4 is 22.7 Å². The SMILES string of the molecule is CCCCC(CCC)c1sccc1-c1ccsc1. The fourth-order valence-corrected chi connectivity index (χ4v) is 4.25. The lowest BCUT2D eigenvalue weighted by molar-refractivity contribution is 0.549. The van der Waals surface area contributed by atoms with Crippen LogP contribution in [0.15, 0.2) is 28.3 Å². The van der Waals surface area contributed by atoms with Crippen LogP contribution in [0.3, 0.4) is 0 Å². The van der Waals surface area contributed by atoms with Crippen molar-refractivity contribution in [2.75, 3.05) is 0 Å². The van der Waals surface area contributed by atoms with Crippen LogP contribution in [0.2, 0.25) is 0 Å². The van der Waals surface area contributed by atoms with Crippen molar-refractivity contribution in [3.05, 3.63) is 33.2 Å². The van der Waals surface area contributed by atoms with Gasteiger partial charge in [-0.25, -0.2) is 0 Å². The van der Waals surface area contributed by atoms with Gasteiger partial charge in [0.1, 0.15) is 0 Å². The smallest absolute Gasteiger partial charge is 0.0155 e. The summed E-state index contributed by atoms with van der Waals surface area (Å²) < 4.78 is 0. The van der Waals surface area contributed by atoms with Crippen molar-refractivity contribution < 1.29 is 0 Å². The zero-order valence-corrected chi connectivity index (χ0v) is 12.9. The molecule has 0 aromatic carbocycles. The van der Waals surface area contributed by atoms with Gasteiger partial charge in [0, 0.05) is 4.88 Å². The molecule has 0 N–H and O–H groups in total. The molecule has 2 heterocycles. The highest BCUT2D eigenvalue weighted by molar-refractivity contribution is 7.10. The summed E-state index contributed by atoms with van der Waals surface area (Å²) in [4.78, 5) is 1.61. The van der Waals surface area contributed by atoms with Crippen LogP contribution >= 0.6 is 22.7 Å². The first kappa shape index (κ1) is 13.8. The maximum atomic E-state index is 2.30. The third kappa shape index (κ3) is 3.24. The zero-order chi connectivity index (χ0) is 12.8. The summed E-state index contributed by atoms with van der Waals surface area (Å²) in [5, 5.41) is 6.71.